The van der Waals surface area contributed by atoms with E-state index in [0.29, 0.717) is 32.5 Å². The molecule has 5 N–H and O–H groups in total. The van der Waals surface area contributed by atoms with E-state index in [1.54, 1.807) is 42.5 Å². The molecule has 3 aromatic rings. The van der Waals surface area contributed by atoms with Gasteiger partial charge in [-0.3, -0.25) is 4.79 Å². The van der Waals surface area contributed by atoms with Gasteiger partial charge in [0.25, 0.3) is 5.88 Å². The Kier molecular flexibility index (Phi) is 5.39. The van der Waals surface area contributed by atoms with Crippen molar-refractivity contribution in [2.45, 2.75) is 12.3 Å². The zero-order valence-corrected chi connectivity index (χ0v) is 16.8. The molecule has 1 aliphatic heterocycles. The second-order valence-corrected chi connectivity index (χ2v) is 7.24. The molecule has 4 rings (SSSR count). The average molecular weight is 444 g/mol. The molecule has 0 fully saturated rings. The second-order valence-electron chi connectivity index (χ2n) is 6.43. The minimum absolute atomic E-state index is 0.0708. The van der Waals surface area contributed by atoms with Gasteiger partial charge < -0.3 is 15.9 Å². The molecule has 0 radical (unpaired) electrons. The first-order chi connectivity index (χ1) is 14.5. The Morgan fingerprint density at radius 1 is 1.17 bits per heavy atom. The molecule has 1 amide bonds. The van der Waals surface area contributed by atoms with E-state index in [-0.39, 0.29) is 30.0 Å². The Morgan fingerprint density at radius 2 is 1.90 bits per heavy atom. The zero-order valence-electron chi connectivity index (χ0n) is 15.3. The average Bonchev–Trinajstić information content (AvgIpc) is 2.72. The number of halogens is 2. The number of carbonyl (C=O) groups excluding carboxylic acids is 1. The zero-order chi connectivity index (χ0) is 21.3. The first kappa shape index (κ1) is 19.9. The number of carbonyl (C=O) groups is 1. The Balaban J connectivity index is 1.69. The summed E-state index contributed by atoms with van der Waals surface area (Å²) >= 11 is 12.6. The van der Waals surface area contributed by atoms with Crippen molar-refractivity contribution in [3.63, 3.8) is 0 Å². The van der Waals surface area contributed by atoms with Crippen LogP contribution in [0.1, 0.15) is 17.0 Å². The van der Waals surface area contributed by atoms with E-state index in [1.165, 1.54) is 0 Å². The molecule has 1 atom stereocenters. The van der Waals surface area contributed by atoms with Crippen LogP contribution in [0, 0.1) is 5.53 Å². The highest BCUT2D eigenvalue weighted by Gasteiger charge is 2.34. The summed E-state index contributed by atoms with van der Waals surface area (Å²) in [7, 11) is 0. The maximum absolute atomic E-state index is 12.7. The van der Waals surface area contributed by atoms with Gasteiger partial charge in [-0.25, -0.2) is 11.0 Å². The molecule has 0 saturated carbocycles. The standard InChI is InChI=1S/C19H15Cl2N7O2/c20-11-4-3-5-12(21)15(11)9-8-10-16(24-17(9)29)25-19(22)26-18(10)30-28-14-7-2-1-6-13(14)27-23/h1-7,9,23,28H,8H2,(H3,22,24,25,26,29). The van der Waals surface area contributed by atoms with Crippen molar-refractivity contribution in [1.82, 2.24) is 9.97 Å². The van der Waals surface area contributed by atoms with Crippen molar-refractivity contribution in [1.29, 1.82) is 5.53 Å². The van der Waals surface area contributed by atoms with Crippen LogP contribution in [0.15, 0.2) is 47.6 Å². The summed E-state index contributed by atoms with van der Waals surface area (Å²) in [6.45, 7) is 0. The molecule has 2 heterocycles. The summed E-state index contributed by atoms with van der Waals surface area (Å²) in [5, 5.41) is 6.92. The van der Waals surface area contributed by atoms with E-state index >= 15 is 0 Å². The maximum atomic E-state index is 12.7. The molecule has 152 valence electrons. The predicted molar refractivity (Wildman–Crippen MR) is 113 cm³/mol. The number of nitrogen functional groups attached to an aromatic ring is 1. The van der Waals surface area contributed by atoms with Crippen molar-refractivity contribution in [2.75, 3.05) is 16.5 Å². The van der Waals surface area contributed by atoms with Gasteiger partial charge >= 0.3 is 0 Å². The van der Waals surface area contributed by atoms with Crippen LogP contribution in [0.3, 0.4) is 0 Å². The predicted octanol–water partition coefficient (Wildman–Crippen LogP) is 4.71. The number of benzene rings is 2. The van der Waals surface area contributed by atoms with Gasteiger partial charge in [-0.2, -0.15) is 15.1 Å². The number of amides is 1. The van der Waals surface area contributed by atoms with Crippen LogP contribution in [0.2, 0.25) is 10.0 Å². The minimum atomic E-state index is -0.663. The third-order valence-corrected chi connectivity index (χ3v) is 5.24. The Morgan fingerprint density at radius 3 is 2.63 bits per heavy atom. The van der Waals surface area contributed by atoms with Gasteiger partial charge in [-0.05, 0) is 30.7 Å². The number of nitrogens with zero attached hydrogens (tertiary/aromatic N) is 3. The number of rotatable bonds is 5. The van der Waals surface area contributed by atoms with E-state index in [2.05, 4.69) is 25.9 Å². The number of para-hydroxylation sites is 2. The van der Waals surface area contributed by atoms with E-state index in [1.807, 2.05) is 0 Å². The summed E-state index contributed by atoms with van der Waals surface area (Å²) in [6, 6.07) is 11.9. The van der Waals surface area contributed by atoms with Crippen molar-refractivity contribution in [2.24, 2.45) is 5.11 Å². The van der Waals surface area contributed by atoms with Crippen LogP contribution in [-0.4, -0.2) is 15.9 Å². The van der Waals surface area contributed by atoms with Gasteiger partial charge in [0.1, 0.15) is 11.5 Å². The highest BCUT2D eigenvalue weighted by Crippen LogP contribution is 2.40. The fourth-order valence-corrected chi connectivity index (χ4v) is 3.85. The quantitative estimate of drug-likeness (QED) is 0.332. The van der Waals surface area contributed by atoms with Crippen LogP contribution in [-0.2, 0) is 11.2 Å². The normalized spacial score (nSPS) is 15.1. The summed E-state index contributed by atoms with van der Waals surface area (Å²) < 4.78 is 0. The molecule has 2 aromatic carbocycles. The lowest BCUT2D eigenvalue weighted by molar-refractivity contribution is -0.117. The smallest absolute Gasteiger partial charge is 0.255 e. The second kappa shape index (κ2) is 8.13. The third kappa shape index (κ3) is 3.72. The fourth-order valence-electron chi connectivity index (χ4n) is 3.19. The molecule has 1 aliphatic rings. The SMILES string of the molecule is N=Nc1ccccc1NOc1nc(N)nc2c1CC(c1c(Cl)cccc1Cl)C(=O)N2. The van der Waals surface area contributed by atoms with Crippen molar-refractivity contribution in [3.8, 4) is 5.88 Å². The molecule has 30 heavy (non-hydrogen) atoms. The Labute approximate surface area is 181 Å². The van der Waals surface area contributed by atoms with Gasteiger partial charge in [0.2, 0.25) is 11.9 Å². The van der Waals surface area contributed by atoms with Crippen LogP contribution in [0.5, 0.6) is 5.88 Å². The van der Waals surface area contributed by atoms with E-state index < -0.39 is 5.92 Å². The van der Waals surface area contributed by atoms with E-state index in [9.17, 15) is 4.79 Å². The maximum Gasteiger partial charge on any atom is 0.255 e. The number of nitrogens with one attached hydrogen (secondary N) is 3. The van der Waals surface area contributed by atoms with Crippen LogP contribution in [0.4, 0.5) is 23.1 Å². The van der Waals surface area contributed by atoms with Crippen LogP contribution >= 0.6 is 23.2 Å². The molecule has 0 bridgehead atoms. The topological polar surface area (TPSA) is 138 Å². The monoisotopic (exact) mass is 443 g/mol. The fraction of sp³-hybridized carbons (Fsp3) is 0.105. The molecular formula is C19H15Cl2N7O2. The first-order valence-corrected chi connectivity index (χ1v) is 9.54. The summed E-state index contributed by atoms with van der Waals surface area (Å²) in [5.41, 5.74) is 17.6. The largest absolute Gasteiger partial charge is 0.368 e. The van der Waals surface area contributed by atoms with E-state index in [4.69, 9.17) is 39.3 Å². The molecular weight excluding hydrogens is 429 g/mol. The van der Waals surface area contributed by atoms with Gasteiger partial charge in [0.05, 0.1) is 17.2 Å². The number of anilines is 3. The number of aromatic nitrogens is 2. The van der Waals surface area contributed by atoms with Gasteiger partial charge in [-0.1, -0.05) is 41.4 Å². The molecule has 11 heteroatoms. The number of hydrogen-bond acceptors (Lipinski definition) is 8. The lowest BCUT2D eigenvalue weighted by Crippen LogP contribution is -2.30. The highest BCUT2D eigenvalue weighted by atomic mass is 35.5. The van der Waals surface area contributed by atoms with Crippen molar-refractivity contribution < 1.29 is 9.63 Å². The third-order valence-electron chi connectivity index (χ3n) is 4.58. The van der Waals surface area contributed by atoms with E-state index in [0.717, 1.165) is 0 Å². The van der Waals surface area contributed by atoms with Crippen molar-refractivity contribution in [3.05, 3.63) is 63.6 Å². The lowest BCUT2D eigenvalue weighted by atomic mass is 9.89. The highest BCUT2D eigenvalue weighted by molar-refractivity contribution is 6.36. The molecule has 0 aliphatic carbocycles. The molecule has 1 unspecified atom stereocenters. The van der Waals surface area contributed by atoms with Gasteiger partial charge in [0, 0.05) is 15.6 Å². The number of nitrogens with two attached hydrogens (primary N) is 1. The lowest BCUT2D eigenvalue weighted by Gasteiger charge is -2.26. The van der Waals surface area contributed by atoms with Gasteiger partial charge in [0.15, 0.2) is 0 Å². The molecule has 1 aromatic heterocycles. The Hall–Kier alpha value is -3.43. The summed E-state index contributed by atoms with van der Waals surface area (Å²) in [4.78, 5) is 26.6. The molecule has 9 nitrogen and oxygen atoms in total. The molecule has 0 saturated heterocycles. The summed E-state index contributed by atoms with van der Waals surface area (Å²) in [5.74, 6) is -0.664. The van der Waals surface area contributed by atoms with Crippen LogP contribution < -0.4 is 21.4 Å². The molecule has 0 spiro atoms. The van der Waals surface area contributed by atoms with Crippen molar-refractivity contribution >= 4 is 52.3 Å². The first-order valence-electron chi connectivity index (χ1n) is 8.78. The number of fused-ring (bicyclic) bond motifs is 1. The summed E-state index contributed by atoms with van der Waals surface area (Å²) in [6.07, 6.45) is 0.201. The number of hydrogen-bond donors (Lipinski definition) is 4. The van der Waals surface area contributed by atoms with Gasteiger partial charge in [-0.15, -0.1) is 0 Å². The van der Waals surface area contributed by atoms with Crippen LogP contribution in [0.25, 0.3) is 0 Å². The minimum Gasteiger partial charge on any atom is -0.368 e. The Bertz CT molecular complexity index is 1140.